The lowest BCUT2D eigenvalue weighted by molar-refractivity contribution is -0.137. The summed E-state index contributed by atoms with van der Waals surface area (Å²) in [6, 6.07) is 5.25. The molecule has 0 unspecified atom stereocenters. The Hall–Kier alpha value is -2.81. The largest absolute Gasteiger partial charge is 0.416 e. The minimum Gasteiger partial charge on any atom is -0.382 e. The number of nitrogen functional groups attached to an aromatic ring is 1. The van der Waals surface area contributed by atoms with Gasteiger partial charge in [-0.05, 0) is 49.8 Å². The molecule has 3 aromatic rings. The van der Waals surface area contributed by atoms with Crippen molar-refractivity contribution in [2.24, 2.45) is 5.73 Å². The van der Waals surface area contributed by atoms with Gasteiger partial charge in [0.05, 0.1) is 11.3 Å². The van der Waals surface area contributed by atoms with Crippen molar-refractivity contribution in [3.05, 3.63) is 47.8 Å². The molecule has 148 valence electrons. The first-order valence-electron chi connectivity index (χ1n) is 9.15. The second-order valence-corrected chi connectivity index (χ2v) is 7.18. The highest BCUT2D eigenvalue weighted by Gasteiger charge is 2.31. The molecule has 1 saturated carbocycles. The first-order valence-corrected chi connectivity index (χ1v) is 9.15. The van der Waals surface area contributed by atoms with Gasteiger partial charge in [-0.15, -0.1) is 5.10 Å². The molecule has 6 nitrogen and oxygen atoms in total. The highest BCUT2D eigenvalue weighted by atomic mass is 19.4. The number of nitrogens with zero attached hydrogens (tertiary/aromatic N) is 3. The number of benzene rings is 1. The Bertz CT molecular complexity index is 989. The Morgan fingerprint density at radius 3 is 2.61 bits per heavy atom. The van der Waals surface area contributed by atoms with E-state index in [0.717, 1.165) is 43.4 Å². The smallest absolute Gasteiger partial charge is 0.382 e. The van der Waals surface area contributed by atoms with E-state index in [0.29, 0.717) is 22.8 Å². The van der Waals surface area contributed by atoms with Gasteiger partial charge >= 0.3 is 6.18 Å². The number of nitrogens with one attached hydrogen (secondary N) is 1. The molecule has 0 atom stereocenters. The van der Waals surface area contributed by atoms with Crippen molar-refractivity contribution < 1.29 is 13.2 Å². The highest BCUT2D eigenvalue weighted by Crippen LogP contribution is 2.41. The molecular weight excluding hydrogens is 369 g/mol. The van der Waals surface area contributed by atoms with Crippen LogP contribution in [0.25, 0.3) is 5.65 Å². The Balaban J connectivity index is 1.79. The van der Waals surface area contributed by atoms with Crippen LogP contribution in [0.4, 0.5) is 30.4 Å². The van der Waals surface area contributed by atoms with Crippen molar-refractivity contribution in [2.45, 2.75) is 43.8 Å². The van der Waals surface area contributed by atoms with Crippen LogP contribution in [0.15, 0.2) is 36.7 Å². The van der Waals surface area contributed by atoms with Gasteiger partial charge in [0, 0.05) is 29.7 Å². The average molecular weight is 390 g/mol. The number of anilines is 3. The Kier molecular flexibility index (Phi) is 4.62. The highest BCUT2D eigenvalue weighted by molar-refractivity contribution is 5.80. The molecule has 1 fully saturated rings. The molecule has 0 radical (unpaired) electrons. The molecule has 0 saturated heterocycles. The Labute approximate surface area is 159 Å². The number of hydrogen-bond acceptors (Lipinski definition) is 5. The molecule has 0 aliphatic heterocycles. The maximum atomic E-state index is 13.1. The molecule has 28 heavy (non-hydrogen) atoms. The lowest BCUT2D eigenvalue weighted by Gasteiger charge is -2.28. The summed E-state index contributed by atoms with van der Waals surface area (Å²) in [6.07, 6.45) is 2.25. The van der Waals surface area contributed by atoms with Crippen LogP contribution in [-0.2, 0) is 6.18 Å². The number of halogens is 3. The fraction of sp³-hybridized carbons (Fsp3) is 0.368. The van der Waals surface area contributed by atoms with Crippen molar-refractivity contribution in [1.82, 2.24) is 14.6 Å². The summed E-state index contributed by atoms with van der Waals surface area (Å²) >= 11 is 0. The third kappa shape index (κ3) is 3.49. The number of hydrogen-bond donors (Lipinski definition) is 3. The van der Waals surface area contributed by atoms with Crippen LogP contribution in [0.3, 0.4) is 0 Å². The first-order chi connectivity index (χ1) is 13.3. The van der Waals surface area contributed by atoms with Crippen molar-refractivity contribution in [2.75, 3.05) is 11.1 Å². The van der Waals surface area contributed by atoms with E-state index in [-0.39, 0.29) is 12.0 Å². The van der Waals surface area contributed by atoms with Gasteiger partial charge in [-0.2, -0.15) is 13.2 Å². The molecule has 0 amide bonds. The zero-order valence-corrected chi connectivity index (χ0v) is 15.1. The predicted molar refractivity (Wildman–Crippen MR) is 101 cm³/mol. The molecule has 2 heterocycles. The van der Waals surface area contributed by atoms with Crippen LogP contribution in [0.5, 0.6) is 0 Å². The summed E-state index contributed by atoms with van der Waals surface area (Å²) < 4.78 is 40.8. The minimum atomic E-state index is -4.42. The molecule has 9 heteroatoms. The van der Waals surface area contributed by atoms with E-state index in [1.165, 1.54) is 10.6 Å². The van der Waals surface area contributed by atoms with Gasteiger partial charge in [0.1, 0.15) is 5.82 Å². The molecule has 4 rings (SSSR count). The van der Waals surface area contributed by atoms with Crippen molar-refractivity contribution in [1.29, 1.82) is 0 Å². The molecule has 1 aromatic carbocycles. The number of rotatable bonds is 3. The zero-order valence-electron chi connectivity index (χ0n) is 15.1. The Morgan fingerprint density at radius 2 is 1.89 bits per heavy atom. The SMILES string of the molecule is Nc1nn2ccnc2c(Nc2cccc(C(F)(F)F)c2)c1[C@H]1CC[C@H](N)CC1. The van der Waals surface area contributed by atoms with E-state index in [1.54, 1.807) is 18.5 Å². The molecule has 0 bridgehead atoms. The van der Waals surface area contributed by atoms with Gasteiger partial charge in [0.2, 0.25) is 0 Å². The number of imidazole rings is 1. The maximum absolute atomic E-state index is 13.1. The number of alkyl halides is 3. The van der Waals surface area contributed by atoms with E-state index in [2.05, 4.69) is 15.4 Å². The van der Waals surface area contributed by atoms with Gasteiger partial charge < -0.3 is 16.8 Å². The van der Waals surface area contributed by atoms with Crippen molar-refractivity contribution in [3.63, 3.8) is 0 Å². The molecular formula is C19H21F3N6. The maximum Gasteiger partial charge on any atom is 0.416 e. The van der Waals surface area contributed by atoms with E-state index < -0.39 is 11.7 Å². The van der Waals surface area contributed by atoms with Crippen LogP contribution in [-0.4, -0.2) is 20.6 Å². The van der Waals surface area contributed by atoms with E-state index >= 15 is 0 Å². The first kappa shape index (κ1) is 18.5. The second kappa shape index (κ2) is 6.97. The molecule has 0 spiro atoms. The second-order valence-electron chi connectivity index (χ2n) is 7.18. The third-order valence-corrected chi connectivity index (χ3v) is 5.25. The van der Waals surface area contributed by atoms with Crippen LogP contribution in [0.2, 0.25) is 0 Å². The van der Waals surface area contributed by atoms with Crippen LogP contribution >= 0.6 is 0 Å². The minimum absolute atomic E-state index is 0.127. The van der Waals surface area contributed by atoms with Gasteiger partial charge in [-0.1, -0.05) is 6.07 Å². The molecule has 1 aliphatic carbocycles. The van der Waals surface area contributed by atoms with Crippen LogP contribution < -0.4 is 16.8 Å². The summed E-state index contributed by atoms with van der Waals surface area (Å²) in [6.45, 7) is 0. The predicted octanol–water partition coefficient (Wildman–Crippen LogP) is 4.06. The normalized spacial score (nSPS) is 20.4. The topological polar surface area (TPSA) is 94.3 Å². The summed E-state index contributed by atoms with van der Waals surface area (Å²) in [5.41, 5.74) is 13.8. The zero-order chi connectivity index (χ0) is 19.9. The van der Waals surface area contributed by atoms with Crippen molar-refractivity contribution in [3.8, 4) is 0 Å². The number of fused-ring (bicyclic) bond motifs is 1. The Morgan fingerprint density at radius 1 is 1.14 bits per heavy atom. The lowest BCUT2D eigenvalue weighted by Crippen LogP contribution is -2.26. The van der Waals surface area contributed by atoms with Gasteiger partial charge in [-0.25, -0.2) is 9.50 Å². The van der Waals surface area contributed by atoms with Crippen LogP contribution in [0, 0.1) is 0 Å². The summed E-state index contributed by atoms with van der Waals surface area (Å²) in [7, 11) is 0. The summed E-state index contributed by atoms with van der Waals surface area (Å²) in [5, 5.41) is 7.50. The lowest BCUT2D eigenvalue weighted by atomic mass is 9.81. The standard InChI is InChI=1S/C19H21F3N6/c20-19(21,22)12-2-1-3-14(10-12)26-16-15(11-4-6-13(23)7-5-11)17(24)27-28-9-8-25-18(16)28/h1-3,8-11,13,26H,4-7,23H2,(H2,24,27)/t11-,13-. The fourth-order valence-electron chi connectivity index (χ4n) is 3.84. The fourth-order valence-corrected chi connectivity index (χ4v) is 3.84. The molecule has 2 aromatic heterocycles. The monoisotopic (exact) mass is 390 g/mol. The van der Waals surface area contributed by atoms with Crippen LogP contribution in [0.1, 0.15) is 42.7 Å². The average Bonchev–Trinajstić information content (AvgIpc) is 3.11. The third-order valence-electron chi connectivity index (χ3n) is 5.25. The van der Waals surface area contributed by atoms with E-state index in [9.17, 15) is 13.2 Å². The summed E-state index contributed by atoms with van der Waals surface area (Å²) in [5.74, 6) is 0.475. The summed E-state index contributed by atoms with van der Waals surface area (Å²) in [4.78, 5) is 4.33. The van der Waals surface area contributed by atoms with Gasteiger partial charge in [-0.3, -0.25) is 0 Å². The van der Waals surface area contributed by atoms with Crippen molar-refractivity contribution >= 4 is 22.8 Å². The number of aromatic nitrogens is 3. The molecule has 5 N–H and O–H groups in total. The van der Waals surface area contributed by atoms with Gasteiger partial charge in [0.15, 0.2) is 5.65 Å². The van der Waals surface area contributed by atoms with Gasteiger partial charge in [0.25, 0.3) is 0 Å². The molecule has 1 aliphatic rings. The number of nitrogens with two attached hydrogens (primary N) is 2. The van der Waals surface area contributed by atoms with E-state index in [4.69, 9.17) is 11.5 Å². The quantitative estimate of drug-likeness (QED) is 0.627. The van der Waals surface area contributed by atoms with E-state index in [1.807, 2.05) is 0 Å².